The Morgan fingerprint density at radius 2 is 1.63 bits per heavy atom. The number of halogens is 4. The standard InChI is InChI=1S/C10H8F4N2O3/c1-3(9(17)18)15-10(19)16-8-6(13)4(11)2-5(12)7(8)14/h2-3H,1H3,(H,17,18)(H2,15,16,19)/t3-/m0/s1. The lowest BCUT2D eigenvalue weighted by molar-refractivity contribution is -0.138. The number of urea groups is 1. The molecule has 5 nitrogen and oxygen atoms in total. The molecule has 0 spiro atoms. The Bertz CT molecular complexity index is 510. The maximum atomic E-state index is 13.2. The van der Waals surface area contributed by atoms with E-state index in [2.05, 4.69) is 0 Å². The first-order valence-corrected chi connectivity index (χ1v) is 4.87. The molecule has 0 aliphatic carbocycles. The van der Waals surface area contributed by atoms with Gasteiger partial charge >= 0.3 is 12.0 Å². The fourth-order valence-corrected chi connectivity index (χ4v) is 1.09. The number of carbonyl (C=O) groups is 2. The van der Waals surface area contributed by atoms with Crippen molar-refractivity contribution >= 4 is 17.7 Å². The van der Waals surface area contributed by atoms with E-state index in [9.17, 15) is 27.2 Å². The number of aliphatic carboxylic acids is 1. The van der Waals surface area contributed by atoms with Gasteiger partial charge in [0.1, 0.15) is 11.7 Å². The van der Waals surface area contributed by atoms with Crippen LogP contribution in [0.3, 0.4) is 0 Å². The Balaban J connectivity index is 2.94. The van der Waals surface area contributed by atoms with Crippen LogP contribution < -0.4 is 10.6 Å². The highest BCUT2D eigenvalue weighted by Gasteiger charge is 2.22. The lowest BCUT2D eigenvalue weighted by atomic mass is 10.2. The van der Waals surface area contributed by atoms with Crippen molar-refractivity contribution in [2.45, 2.75) is 13.0 Å². The van der Waals surface area contributed by atoms with E-state index >= 15 is 0 Å². The number of hydrogen-bond acceptors (Lipinski definition) is 2. The van der Waals surface area contributed by atoms with Crippen LogP contribution in [0, 0.1) is 23.3 Å². The highest BCUT2D eigenvalue weighted by molar-refractivity contribution is 5.92. The average Bonchev–Trinajstić information content (AvgIpc) is 2.32. The fourth-order valence-electron chi connectivity index (χ4n) is 1.09. The summed E-state index contributed by atoms with van der Waals surface area (Å²) in [6.45, 7) is 1.08. The molecule has 3 N–H and O–H groups in total. The van der Waals surface area contributed by atoms with Gasteiger partial charge < -0.3 is 15.7 Å². The monoisotopic (exact) mass is 280 g/mol. The topological polar surface area (TPSA) is 78.4 Å². The Hall–Kier alpha value is -2.32. The summed E-state index contributed by atoms with van der Waals surface area (Å²) in [6.07, 6.45) is 0. The van der Waals surface area contributed by atoms with Gasteiger partial charge in [0.2, 0.25) is 0 Å². The molecular formula is C10H8F4N2O3. The van der Waals surface area contributed by atoms with E-state index in [1.54, 1.807) is 5.32 Å². The van der Waals surface area contributed by atoms with Crippen molar-refractivity contribution < 1.29 is 32.3 Å². The summed E-state index contributed by atoms with van der Waals surface area (Å²) in [5.41, 5.74) is -1.34. The fraction of sp³-hybridized carbons (Fsp3) is 0.200. The van der Waals surface area contributed by atoms with Gasteiger partial charge in [0, 0.05) is 6.07 Å². The van der Waals surface area contributed by atoms with Crippen LogP contribution in [0.4, 0.5) is 28.0 Å². The number of carbonyl (C=O) groups excluding carboxylic acids is 1. The molecule has 104 valence electrons. The molecule has 9 heteroatoms. The van der Waals surface area contributed by atoms with Gasteiger partial charge in [-0.1, -0.05) is 0 Å². The van der Waals surface area contributed by atoms with E-state index in [0.717, 1.165) is 6.92 Å². The summed E-state index contributed by atoms with van der Waals surface area (Å²) in [6, 6.07) is -2.70. The molecule has 1 aromatic rings. The van der Waals surface area contributed by atoms with E-state index in [1.807, 2.05) is 0 Å². The molecule has 0 aliphatic heterocycles. The second kappa shape index (κ2) is 5.55. The highest BCUT2D eigenvalue weighted by Crippen LogP contribution is 2.23. The number of amides is 2. The van der Waals surface area contributed by atoms with Crippen LogP contribution in [0.1, 0.15) is 6.92 Å². The molecular weight excluding hydrogens is 272 g/mol. The van der Waals surface area contributed by atoms with Gasteiger partial charge in [-0.25, -0.2) is 22.4 Å². The van der Waals surface area contributed by atoms with Gasteiger partial charge in [-0.05, 0) is 6.92 Å². The number of benzene rings is 1. The van der Waals surface area contributed by atoms with Gasteiger partial charge in [-0.15, -0.1) is 0 Å². The SMILES string of the molecule is C[C@H](NC(=O)Nc1c(F)c(F)cc(F)c1F)C(=O)O. The predicted octanol–water partition coefficient (Wildman–Crippen LogP) is 1.84. The Morgan fingerprint density at radius 3 is 2.05 bits per heavy atom. The van der Waals surface area contributed by atoms with Crippen LogP contribution in [0.25, 0.3) is 0 Å². The zero-order valence-electron chi connectivity index (χ0n) is 9.43. The smallest absolute Gasteiger partial charge is 0.325 e. The molecule has 19 heavy (non-hydrogen) atoms. The summed E-state index contributed by atoms with van der Waals surface area (Å²) >= 11 is 0. The number of hydrogen-bond donors (Lipinski definition) is 3. The molecule has 0 heterocycles. The van der Waals surface area contributed by atoms with Crippen molar-refractivity contribution in [3.8, 4) is 0 Å². The Morgan fingerprint density at radius 1 is 1.16 bits per heavy atom. The minimum absolute atomic E-state index is 0.0202. The number of anilines is 1. The zero-order chi connectivity index (χ0) is 14.7. The molecule has 0 unspecified atom stereocenters. The van der Waals surface area contributed by atoms with Crippen LogP contribution in [-0.2, 0) is 4.79 Å². The molecule has 1 atom stereocenters. The van der Waals surface area contributed by atoms with Gasteiger partial charge in [0.25, 0.3) is 0 Å². The molecule has 1 aromatic carbocycles. The largest absolute Gasteiger partial charge is 0.480 e. The normalized spacial score (nSPS) is 11.8. The van der Waals surface area contributed by atoms with Gasteiger partial charge in [-0.3, -0.25) is 4.79 Å². The first-order valence-electron chi connectivity index (χ1n) is 4.87. The van der Waals surface area contributed by atoms with Gasteiger partial charge in [0.05, 0.1) is 0 Å². The second-order valence-corrected chi connectivity index (χ2v) is 3.50. The molecule has 2 amide bonds. The molecule has 0 saturated carbocycles. The van der Waals surface area contributed by atoms with Crippen molar-refractivity contribution in [3.05, 3.63) is 29.3 Å². The molecule has 0 bridgehead atoms. The lowest BCUT2D eigenvalue weighted by Gasteiger charge is -2.12. The third-order valence-corrected chi connectivity index (χ3v) is 2.07. The maximum Gasteiger partial charge on any atom is 0.325 e. The van der Waals surface area contributed by atoms with Crippen molar-refractivity contribution in [3.63, 3.8) is 0 Å². The first-order chi connectivity index (χ1) is 8.73. The Labute approximate surface area is 104 Å². The molecule has 0 aliphatic rings. The number of nitrogens with one attached hydrogen (secondary N) is 2. The molecule has 1 rings (SSSR count). The molecule has 0 aromatic heterocycles. The minimum atomic E-state index is -1.79. The summed E-state index contributed by atoms with van der Waals surface area (Å²) in [4.78, 5) is 21.6. The van der Waals surface area contributed by atoms with E-state index in [1.165, 1.54) is 5.32 Å². The number of rotatable bonds is 3. The van der Waals surface area contributed by atoms with E-state index in [4.69, 9.17) is 5.11 Å². The van der Waals surface area contributed by atoms with Crippen LogP contribution in [-0.4, -0.2) is 23.1 Å². The first kappa shape index (κ1) is 14.7. The van der Waals surface area contributed by atoms with Crippen molar-refractivity contribution in [1.82, 2.24) is 5.32 Å². The van der Waals surface area contributed by atoms with Gasteiger partial charge in [0.15, 0.2) is 23.3 Å². The average molecular weight is 280 g/mol. The second-order valence-electron chi connectivity index (χ2n) is 3.50. The van der Waals surface area contributed by atoms with Crippen molar-refractivity contribution in [2.75, 3.05) is 5.32 Å². The predicted molar refractivity (Wildman–Crippen MR) is 55.5 cm³/mol. The Kier molecular flexibility index (Phi) is 4.30. The third kappa shape index (κ3) is 3.33. The van der Waals surface area contributed by atoms with Crippen molar-refractivity contribution in [2.24, 2.45) is 0 Å². The van der Waals surface area contributed by atoms with Gasteiger partial charge in [-0.2, -0.15) is 0 Å². The molecule has 0 fully saturated rings. The summed E-state index contributed by atoms with van der Waals surface area (Å²) in [7, 11) is 0. The van der Waals surface area contributed by atoms with E-state index in [-0.39, 0.29) is 6.07 Å². The van der Waals surface area contributed by atoms with Crippen LogP contribution in [0.5, 0.6) is 0 Å². The summed E-state index contributed by atoms with van der Waals surface area (Å²) in [5.74, 6) is -8.38. The lowest BCUT2D eigenvalue weighted by Crippen LogP contribution is -2.41. The van der Waals surface area contributed by atoms with E-state index < -0.39 is 47.0 Å². The zero-order valence-corrected chi connectivity index (χ0v) is 9.43. The molecule has 0 saturated heterocycles. The van der Waals surface area contributed by atoms with Crippen LogP contribution >= 0.6 is 0 Å². The number of carboxylic acid groups (broad SMARTS) is 1. The quantitative estimate of drug-likeness (QED) is 0.584. The molecule has 0 radical (unpaired) electrons. The third-order valence-electron chi connectivity index (χ3n) is 2.07. The highest BCUT2D eigenvalue weighted by atomic mass is 19.2. The maximum absolute atomic E-state index is 13.2. The van der Waals surface area contributed by atoms with Crippen molar-refractivity contribution in [1.29, 1.82) is 0 Å². The van der Waals surface area contributed by atoms with Crippen LogP contribution in [0.15, 0.2) is 6.07 Å². The minimum Gasteiger partial charge on any atom is -0.480 e. The summed E-state index contributed by atoms with van der Waals surface area (Å²) < 4.78 is 51.9. The van der Waals surface area contributed by atoms with E-state index in [0.29, 0.717) is 0 Å². The number of carboxylic acids is 1. The summed E-state index contributed by atoms with van der Waals surface area (Å²) in [5, 5.41) is 11.8. The van der Waals surface area contributed by atoms with Crippen LogP contribution in [0.2, 0.25) is 0 Å².